The number of pyridine rings is 1. The monoisotopic (exact) mass is 382 g/mol. The van der Waals surface area contributed by atoms with Crippen LogP contribution in [0.2, 0.25) is 0 Å². The summed E-state index contributed by atoms with van der Waals surface area (Å²) in [4.78, 5) is 40.2. The maximum Gasteiger partial charge on any atom is 0.261 e. The van der Waals surface area contributed by atoms with Crippen LogP contribution in [0, 0.1) is 0 Å². The molecule has 1 heterocycles. The maximum absolute atomic E-state index is 12.7. The van der Waals surface area contributed by atoms with E-state index in [4.69, 9.17) is 4.74 Å². The van der Waals surface area contributed by atoms with Gasteiger partial charge in [0.1, 0.15) is 11.3 Å². The predicted octanol–water partition coefficient (Wildman–Crippen LogP) is 3.22. The van der Waals surface area contributed by atoms with E-state index in [1.54, 1.807) is 7.11 Å². The molecule has 6 nitrogen and oxygen atoms in total. The van der Waals surface area contributed by atoms with Crippen LogP contribution in [0.5, 0.6) is 5.75 Å². The standard InChI is InChI=1S/C22H26N2O4/c1-3-4-5-10-23-21(26)18-13-17-19(24-22(18)27)11-15(12-20(17)25)14-6-8-16(28-2)9-7-14/h6-9,13,15H,3-5,10-12H2,1-2H3,(H,23,26)(H,24,27)/t15-/m1/s1. The SMILES string of the molecule is CCCCCNC(=O)c1cc2c([nH]c1=O)C[C@@H](c1ccc(OC)cc1)CC2=O. The molecule has 0 bridgehead atoms. The molecule has 0 fully saturated rings. The summed E-state index contributed by atoms with van der Waals surface area (Å²) in [5.74, 6) is 0.271. The molecule has 1 atom stereocenters. The number of carbonyl (C=O) groups excluding carboxylic acids is 2. The van der Waals surface area contributed by atoms with E-state index in [0.29, 0.717) is 30.6 Å². The van der Waals surface area contributed by atoms with Crippen LogP contribution in [0.25, 0.3) is 0 Å². The second-order valence-corrected chi connectivity index (χ2v) is 7.17. The minimum Gasteiger partial charge on any atom is -0.497 e. The zero-order chi connectivity index (χ0) is 20.1. The van der Waals surface area contributed by atoms with E-state index in [-0.39, 0.29) is 17.3 Å². The highest BCUT2D eigenvalue weighted by atomic mass is 16.5. The number of H-pyrrole nitrogens is 1. The number of fused-ring (bicyclic) bond motifs is 1. The van der Waals surface area contributed by atoms with Gasteiger partial charge in [0.05, 0.1) is 7.11 Å². The van der Waals surface area contributed by atoms with E-state index in [1.807, 2.05) is 24.3 Å². The van der Waals surface area contributed by atoms with Crippen molar-refractivity contribution in [1.82, 2.24) is 10.3 Å². The van der Waals surface area contributed by atoms with Gasteiger partial charge in [0, 0.05) is 24.2 Å². The fourth-order valence-corrected chi connectivity index (χ4v) is 3.58. The molecule has 1 aliphatic rings. The topological polar surface area (TPSA) is 88.3 Å². The van der Waals surface area contributed by atoms with Gasteiger partial charge < -0.3 is 15.0 Å². The molecule has 2 N–H and O–H groups in total. The third kappa shape index (κ3) is 4.32. The van der Waals surface area contributed by atoms with E-state index in [9.17, 15) is 14.4 Å². The fourth-order valence-electron chi connectivity index (χ4n) is 3.58. The van der Waals surface area contributed by atoms with Crippen molar-refractivity contribution in [3.63, 3.8) is 0 Å². The van der Waals surface area contributed by atoms with Crippen LogP contribution in [0.3, 0.4) is 0 Å². The number of aromatic amines is 1. The minimum absolute atomic E-state index is 0.00437. The van der Waals surface area contributed by atoms with Crippen molar-refractivity contribution >= 4 is 11.7 Å². The summed E-state index contributed by atoms with van der Waals surface area (Å²) in [5, 5.41) is 2.76. The number of benzene rings is 1. The first-order chi connectivity index (χ1) is 13.5. The van der Waals surface area contributed by atoms with Gasteiger partial charge in [0.15, 0.2) is 5.78 Å². The molecule has 0 saturated heterocycles. The Bertz CT molecular complexity index is 915. The number of unbranched alkanes of at least 4 members (excludes halogenated alkanes) is 2. The first kappa shape index (κ1) is 19.9. The minimum atomic E-state index is -0.449. The number of Topliss-reactive ketones (excluding diaryl/α,β-unsaturated/α-hetero) is 1. The average Bonchev–Trinajstić information content (AvgIpc) is 2.70. The first-order valence-corrected chi connectivity index (χ1v) is 9.75. The first-order valence-electron chi connectivity index (χ1n) is 9.75. The van der Waals surface area contributed by atoms with Crippen LogP contribution in [0.15, 0.2) is 35.1 Å². The number of amides is 1. The van der Waals surface area contributed by atoms with Gasteiger partial charge in [-0.25, -0.2) is 0 Å². The van der Waals surface area contributed by atoms with Crippen molar-refractivity contribution < 1.29 is 14.3 Å². The van der Waals surface area contributed by atoms with Crippen molar-refractivity contribution in [3.05, 3.63) is 63.1 Å². The molecule has 1 aliphatic carbocycles. The molecule has 148 valence electrons. The Labute approximate surface area is 164 Å². The van der Waals surface area contributed by atoms with E-state index in [1.165, 1.54) is 6.07 Å². The number of rotatable bonds is 7. The van der Waals surface area contributed by atoms with E-state index in [2.05, 4.69) is 17.2 Å². The molecule has 28 heavy (non-hydrogen) atoms. The smallest absolute Gasteiger partial charge is 0.261 e. The number of carbonyl (C=O) groups is 2. The van der Waals surface area contributed by atoms with Crippen molar-refractivity contribution in [3.8, 4) is 5.75 Å². The van der Waals surface area contributed by atoms with Gasteiger partial charge in [-0.1, -0.05) is 31.9 Å². The van der Waals surface area contributed by atoms with Gasteiger partial charge in [-0.2, -0.15) is 0 Å². The third-order valence-corrected chi connectivity index (χ3v) is 5.20. The van der Waals surface area contributed by atoms with Gasteiger partial charge >= 0.3 is 0 Å². The molecule has 0 aliphatic heterocycles. The quantitative estimate of drug-likeness (QED) is 0.720. The van der Waals surface area contributed by atoms with E-state index >= 15 is 0 Å². The molecule has 0 saturated carbocycles. The summed E-state index contributed by atoms with van der Waals surface area (Å²) >= 11 is 0. The Kier molecular flexibility index (Phi) is 6.29. The summed E-state index contributed by atoms with van der Waals surface area (Å²) in [6.45, 7) is 2.61. The lowest BCUT2D eigenvalue weighted by Crippen LogP contribution is -2.33. The van der Waals surface area contributed by atoms with Gasteiger partial charge in [-0.15, -0.1) is 0 Å². The highest BCUT2D eigenvalue weighted by Gasteiger charge is 2.28. The normalized spacial score (nSPS) is 15.8. The number of hydrogen-bond donors (Lipinski definition) is 2. The highest BCUT2D eigenvalue weighted by Crippen LogP contribution is 2.32. The largest absolute Gasteiger partial charge is 0.497 e. The van der Waals surface area contributed by atoms with Crippen LogP contribution >= 0.6 is 0 Å². The molecular formula is C22H26N2O4. The average molecular weight is 382 g/mol. The van der Waals surface area contributed by atoms with Gasteiger partial charge in [-0.05, 0) is 42.5 Å². The second-order valence-electron chi connectivity index (χ2n) is 7.17. The lowest BCUT2D eigenvalue weighted by Gasteiger charge is -2.24. The second kappa shape index (κ2) is 8.87. The molecular weight excluding hydrogens is 356 g/mol. The zero-order valence-corrected chi connectivity index (χ0v) is 16.3. The summed E-state index contributed by atoms with van der Waals surface area (Å²) < 4.78 is 5.17. The number of ketones is 1. The number of methoxy groups -OCH3 is 1. The van der Waals surface area contributed by atoms with Crippen molar-refractivity contribution in [2.45, 2.75) is 44.9 Å². The van der Waals surface area contributed by atoms with E-state index < -0.39 is 11.5 Å². The molecule has 0 unspecified atom stereocenters. The zero-order valence-electron chi connectivity index (χ0n) is 16.3. The van der Waals surface area contributed by atoms with Gasteiger partial charge in [-0.3, -0.25) is 14.4 Å². The molecule has 1 aromatic carbocycles. The predicted molar refractivity (Wildman–Crippen MR) is 107 cm³/mol. The van der Waals surface area contributed by atoms with Crippen molar-refractivity contribution in [2.24, 2.45) is 0 Å². The molecule has 0 radical (unpaired) electrons. The summed E-state index contributed by atoms with van der Waals surface area (Å²) in [6, 6.07) is 9.07. The lowest BCUT2D eigenvalue weighted by molar-refractivity contribution is 0.0951. The Morgan fingerprint density at radius 3 is 2.61 bits per heavy atom. The summed E-state index contributed by atoms with van der Waals surface area (Å²) in [5.41, 5.74) is 1.63. The molecule has 2 aromatic rings. The molecule has 1 aromatic heterocycles. The number of hydrogen-bond acceptors (Lipinski definition) is 4. The highest BCUT2D eigenvalue weighted by molar-refractivity contribution is 6.02. The van der Waals surface area contributed by atoms with Crippen LogP contribution in [0.1, 0.15) is 70.5 Å². The number of aromatic nitrogens is 1. The van der Waals surface area contributed by atoms with Gasteiger partial charge in [0.2, 0.25) is 0 Å². The lowest BCUT2D eigenvalue weighted by atomic mass is 9.81. The summed E-state index contributed by atoms with van der Waals surface area (Å²) in [6.07, 6.45) is 3.85. The molecule has 0 spiro atoms. The van der Waals surface area contributed by atoms with E-state index in [0.717, 1.165) is 30.6 Å². The molecule has 6 heteroatoms. The van der Waals surface area contributed by atoms with Crippen LogP contribution < -0.4 is 15.6 Å². The Morgan fingerprint density at radius 1 is 1.18 bits per heavy atom. The number of ether oxygens (including phenoxy) is 1. The van der Waals surface area contributed by atoms with Crippen LogP contribution in [-0.2, 0) is 6.42 Å². The van der Waals surface area contributed by atoms with Crippen molar-refractivity contribution in [2.75, 3.05) is 13.7 Å². The third-order valence-electron chi connectivity index (χ3n) is 5.20. The summed E-state index contributed by atoms with van der Waals surface area (Å²) in [7, 11) is 1.61. The van der Waals surface area contributed by atoms with Crippen LogP contribution in [0.4, 0.5) is 0 Å². The molecule has 3 rings (SSSR count). The Hall–Kier alpha value is -2.89. The fraction of sp³-hybridized carbons (Fsp3) is 0.409. The Balaban J connectivity index is 1.79. The van der Waals surface area contributed by atoms with Crippen molar-refractivity contribution in [1.29, 1.82) is 0 Å². The Morgan fingerprint density at radius 2 is 1.93 bits per heavy atom. The maximum atomic E-state index is 12.7. The van der Waals surface area contributed by atoms with Gasteiger partial charge in [0.25, 0.3) is 11.5 Å². The number of nitrogens with one attached hydrogen (secondary N) is 2. The molecule has 1 amide bonds. The van der Waals surface area contributed by atoms with Crippen LogP contribution in [-0.4, -0.2) is 30.3 Å².